The highest BCUT2D eigenvalue weighted by atomic mass is 32.2. The maximum absolute atomic E-state index is 12.5. The van der Waals surface area contributed by atoms with Crippen molar-refractivity contribution >= 4 is 21.9 Å². The number of nitrogens with zero attached hydrogens (tertiary/aromatic N) is 4. The molecule has 24 heavy (non-hydrogen) atoms. The van der Waals surface area contributed by atoms with E-state index in [4.69, 9.17) is 0 Å². The maximum atomic E-state index is 12.5. The van der Waals surface area contributed by atoms with Gasteiger partial charge in [0.15, 0.2) is 0 Å². The number of hydrogen-bond acceptors (Lipinski definition) is 6. The van der Waals surface area contributed by atoms with Crippen LogP contribution in [-0.4, -0.2) is 68.1 Å². The SMILES string of the molecule is CC(C)NC(=O)c1cnc(N(C)C)nc1C1CCN(S(C)(=O)=O)C1. The van der Waals surface area contributed by atoms with Gasteiger partial charge in [0.25, 0.3) is 5.91 Å². The van der Waals surface area contributed by atoms with Crippen LogP contribution in [0, 0.1) is 0 Å². The lowest BCUT2D eigenvalue weighted by Gasteiger charge is -2.19. The predicted octanol–water partition coefficient (Wildman–Crippen LogP) is 0.430. The molecule has 1 unspecified atom stereocenters. The number of carbonyl (C=O) groups excluding carboxylic acids is 1. The average molecular weight is 355 g/mol. The van der Waals surface area contributed by atoms with Crippen molar-refractivity contribution in [3.05, 3.63) is 17.5 Å². The second-order valence-corrected chi connectivity index (χ2v) is 8.58. The van der Waals surface area contributed by atoms with Crippen LogP contribution in [0.3, 0.4) is 0 Å². The van der Waals surface area contributed by atoms with E-state index in [0.29, 0.717) is 36.7 Å². The Kier molecular flexibility index (Phi) is 5.44. The minimum Gasteiger partial charge on any atom is -0.350 e. The first kappa shape index (κ1) is 18.6. The molecule has 1 fully saturated rings. The number of sulfonamides is 1. The van der Waals surface area contributed by atoms with Gasteiger partial charge in [-0.2, -0.15) is 0 Å². The Morgan fingerprint density at radius 2 is 2.08 bits per heavy atom. The number of anilines is 1. The summed E-state index contributed by atoms with van der Waals surface area (Å²) in [6, 6.07) is -0.00466. The molecule has 8 nitrogen and oxygen atoms in total. The standard InChI is InChI=1S/C15H25N5O3S/c1-10(2)17-14(21)12-8-16-15(19(3)4)18-13(12)11-6-7-20(9-11)24(5,22)23/h8,10-11H,6-7,9H2,1-5H3,(H,17,21). The van der Waals surface area contributed by atoms with Crippen LogP contribution in [0.15, 0.2) is 6.20 Å². The van der Waals surface area contributed by atoms with Crippen molar-refractivity contribution in [1.82, 2.24) is 19.6 Å². The van der Waals surface area contributed by atoms with Gasteiger partial charge in [0.05, 0.1) is 17.5 Å². The van der Waals surface area contributed by atoms with Crippen LogP contribution in [0.4, 0.5) is 5.95 Å². The van der Waals surface area contributed by atoms with Crippen LogP contribution in [-0.2, 0) is 10.0 Å². The van der Waals surface area contributed by atoms with Gasteiger partial charge >= 0.3 is 0 Å². The van der Waals surface area contributed by atoms with Gasteiger partial charge in [-0.15, -0.1) is 0 Å². The van der Waals surface area contributed by atoms with Gasteiger partial charge < -0.3 is 10.2 Å². The van der Waals surface area contributed by atoms with Crippen molar-refractivity contribution in [3.8, 4) is 0 Å². The molecule has 1 aromatic rings. The predicted molar refractivity (Wildman–Crippen MR) is 92.7 cm³/mol. The van der Waals surface area contributed by atoms with Gasteiger partial charge in [0.2, 0.25) is 16.0 Å². The van der Waals surface area contributed by atoms with E-state index in [9.17, 15) is 13.2 Å². The zero-order valence-electron chi connectivity index (χ0n) is 14.8. The first-order chi connectivity index (χ1) is 11.1. The second-order valence-electron chi connectivity index (χ2n) is 6.60. The molecule has 1 atom stereocenters. The lowest BCUT2D eigenvalue weighted by Crippen LogP contribution is -2.32. The van der Waals surface area contributed by atoms with E-state index in [1.807, 2.05) is 27.9 Å². The van der Waals surface area contributed by atoms with Crippen molar-refractivity contribution in [2.75, 3.05) is 38.3 Å². The molecule has 9 heteroatoms. The first-order valence-corrected chi connectivity index (χ1v) is 9.74. The molecule has 0 aliphatic carbocycles. The number of rotatable bonds is 5. The van der Waals surface area contributed by atoms with E-state index in [-0.39, 0.29) is 17.9 Å². The Balaban J connectivity index is 2.38. The minimum absolute atomic E-state index is 0.00466. The molecular formula is C15H25N5O3S. The monoisotopic (exact) mass is 355 g/mol. The van der Waals surface area contributed by atoms with Crippen LogP contribution in [0.2, 0.25) is 0 Å². The summed E-state index contributed by atoms with van der Waals surface area (Å²) in [5.74, 6) is 0.154. The third-order valence-corrected chi connectivity index (χ3v) is 5.15. The molecule has 2 rings (SSSR count). The highest BCUT2D eigenvalue weighted by molar-refractivity contribution is 7.88. The largest absolute Gasteiger partial charge is 0.350 e. The number of amides is 1. The summed E-state index contributed by atoms with van der Waals surface area (Å²) in [5.41, 5.74) is 1.02. The zero-order valence-corrected chi connectivity index (χ0v) is 15.6. The number of hydrogen-bond donors (Lipinski definition) is 1. The molecule has 1 aliphatic heterocycles. The lowest BCUT2D eigenvalue weighted by atomic mass is 9.99. The molecule has 1 amide bonds. The van der Waals surface area contributed by atoms with E-state index in [2.05, 4.69) is 15.3 Å². The van der Waals surface area contributed by atoms with E-state index in [0.717, 1.165) is 0 Å². The Labute approximate surface area is 143 Å². The van der Waals surface area contributed by atoms with Gasteiger partial charge in [-0.3, -0.25) is 4.79 Å². The van der Waals surface area contributed by atoms with E-state index < -0.39 is 10.0 Å². The molecule has 0 saturated carbocycles. The Morgan fingerprint density at radius 1 is 1.42 bits per heavy atom. The highest BCUT2D eigenvalue weighted by Gasteiger charge is 2.33. The summed E-state index contributed by atoms with van der Waals surface area (Å²) in [4.78, 5) is 23.0. The van der Waals surface area contributed by atoms with Gasteiger partial charge in [0, 0.05) is 45.3 Å². The maximum Gasteiger partial charge on any atom is 0.254 e. The molecule has 0 radical (unpaired) electrons. The zero-order chi connectivity index (χ0) is 18.1. The van der Waals surface area contributed by atoms with Crippen molar-refractivity contribution in [2.45, 2.75) is 32.2 Å². The Morgan fingerprint density at radius 3 is 2.58 bits per heavy atom. The molecular weight excluding hydrogens is 330 g/mol. The van der Waals surface area contributed by atoms with Crippen molar-refractivity contribution in [2.24, 2.45) is 0 Å². The first-order valence-electron chi connectivity index (χ1n) is 7.90. The molecule has 0 spiro atoms. The van der Waals surface area contributed by atoms with Crippen LogP contribution < -0.4 is 10.2 Å². The third kappa shape index (κ3) is 4.21. The molecule has 1 aromatic heterocycles. The van der Waals surface area contributed by atoms with Crippen molar-refractivity contribution in [1.29, 1.82) is 0 Å². The fourth-order valence-electron chi connectivity index (χ4n) is 2.68. The Bertz CT molecular complexity index is 718. The van der Waals surface area contributed by atoms with Gasteiger partial charge in [0.1, 0.15) is 0 Å². The molecule has 1 saturated heterocycles. The summed E-state index contributed by atoms with van der Waals surface area (Å²) >= 11 is 0. The number of aromatic nitrogens is 2. The van der Waals surface area contributed by atoms with Crippen LogP contribution in [0.1, 0.15) is 42.2 Å². The third-order valence-electron chi connectivity index (χ3n) is 3.88. The van der Waals surface area contributed by atoms with Crippen LogP contribution in [0.5, 0.6) is 0 Å². The number of carbonyl (C=O) groups is 1. The summed E-state index contributed by atoms with van der Waals surface area (Å²) < 4.78 is 24.9. The average Bonchev–Trinajstić information content (AvgIpc) is 2.95. The van der Waals surface area contributed by atoms with E-state index in [1.54, 1.807) is 4.90 Å². The fraction of sp³-hybridized carbons (Fsp3) is 0.667. The van der Waals surface area contributed by atoms with Gasteiger partial charge in [-0.1, -0.05) is 0 Å². The van der Waals surface area contributed by atoms with Crippen LogP contribution >= 0.6 is 0 Å². The molecule has 0 aromatic carbocycles. The van der Waals surface area contributed by atoms with E-state index in [1.165, 1.54) is 16.8 Å². The normalized spacial score (nSPS) is 18.8. The van der Waals surface area contributed by atoms with E-state index >= 15 is 0 Å². The topological polar surface area (TPSA) is 95.5 Å². The molecule has 1 N–H and O–H groups in total. The van der Waals surface area contributed by atoms with Gasteiger partial charge in [-0.05, 0) is 20.3 Å². The second kappa shape index (κ2) is 7.02. The fourth-order valence-corrected chi connectivity index (χ4v) is 3.57. The van der Waals surface area contributed by atoms with Crippen LogP contribution in [0.25, 0.3) is 0 Å². The Hall–Kier alpha value is -1.74. The summed E-state index contributed by atoms with van der Waals surface area (Å²) in [6.07, 6.45) is 3.37. The van der Waals surface area contributed by atoms with Crippen molar-refractivity contribution < 1.29 is 13.2 Å². The smallest absolute Gasteiger partial charge is 0.254 e. The molecule has 134 valence electrons. The number of nitrogens with one attached hydrogen (secondary N) is 1. The van der Waals surface area contributed by atoms with Gasteiger partial charge in [-0.25, -0.2) is 22.7 Å². The summed E-state index contributed by atoms with van der Waals surface area (Å²) in [5, 5.41) is 2.85. The molecule has 2 heterocycles. The van der Waals surface area contributed by atoms with Crippen molar-refractivity contribution in [3.63, 3.8) is 0 Å². The summed E-state index contributed by atoms with van der Waals surface area (Å²) in [6.45, 7) is 4.54. The molecule has 0 bridgehead atoms. The molecule has 1 aliphatic rings. The summed E-state index contributed by atoms with van der Waals surface area (Å²) in [7, 11) is 0.405. The quantitative estimate of drug-likeness (QED) is 0.823. The highest BCUT2D eigenvalue weighted by Crippen LogP contribution is 2.30. The lowest BCUT2D eigenvalue weighted by molar-refractivity contribution is 0.0941. The minimum atomic E-state index is -3.24.